The molecule has 0 aliphatic heterocycles. The summed E-state index contributed by atoms with van der Waals surface area (Å²) in [7, 11) is 0. The van der Waals surface area contributed by atoms with Crippen LogP contribution in [0.15, 0.2) is 71.7 Å². The number of ketones is 1. The topological polar surface area (TPSA) is 94.0 Å². The van der Waals surface area contributed by atoms with E-state index in [1.165, 1.54) is 36.9 Å². The maximum Gasteiger partial charge on any atom is 0.432 e. The molecule has 35 heavy (non-hydrogen) atoms. The molecule has 3 heterocycles. The van der Waals surface area contributed by atoms with E-state index in [0.717, 1.165) is 10.6 Å². The average Bonchev–Trinajstić information content (AvgIpc) is 3.44. The number of carbonyl (C=O) groups excluding carboxylic acids is 1. The van der Waals surface area contributed by atoms with Gasteiger partial charge in [-0.2, -0.15) is 13.2 Å². The lowest BCUT2D eigenvalue weighted by Gasteiger charge is -2.14. The molecule has 1 N–H and O–H groups in total. The minimum Gasteiger partial charge on any atom is -0.508 e. The van der Waals surface area contributed by atoms with Crippen LogP contribution in [0.25, 0.3) is 22.4 Å². The molecule has 3 aromatic heterocycles. The van der Waals surface area contributed by atoms with Gasteiger partial charge in [-0.15, -0.1) is 0 Å². The molecule has 0 bridgehead atoms. The van der Waals surface area contributed by atoms with Crippen molar-refractivity contribution < 1.29 is 27.5 Å². The van der Waals surface area contributed by atoms with Gasteiger partial charge in [0.15, 0.2) is 5.76 Å². The van der Waals surface area contributed by atoms with Crippen molar-refractivity contribution in [2.24, 2.45) is 0 Å². The van der Waals surface area contributed by atoms with Gasteiger partial charge < -0.3 is 14.1 Å². The number of alkyl halides is 3. The van der Waals surface area contributed by atoms with E-state index in [0.29, 0.717) is 16.3 Å². The summed E-state index contributed by atoms with van der Waals surface area (Å²) in [4.78, 5) is 25.1. The number of aromatic hydroxyl groups is 1. The van der Waals surface area contributed by atoms with E-state index in [9.17, 15) is 23.1 Å². The lowest BCUT2D eigenvalue weighted by atomic mass is 10.1. The molecule has 0 aliphatic rings. The number of hydrogen-bond acceptors (Lipinski definition) is 6. The molecule has 0 atom stereocenters. The number of hydrogen-bond donors (Lipinski definition) is 1. The minimum atomic E-state index is -4.91. The van der Waals surface area contributed by atoms with Crippen LogP contribution in [0.2, 0.25) is 5.02 Å². The Labute approximate surface area is 200 Å². The van der Waals surface area contributed by atoms with Gasteiger partial charge in [0.25, 0.3) is 11.7 Å². The van der Waals surface area contributed by atoms with Crippen molar-refractivity contribution >= 4 is 28.3 Å². The zero-order chi connectivity index (χ0) is 24.7. The van der Waals surface area contributed by atoms with Crippen LogP contribution in [0.1, 0.15) is 27.5 Å². The molecule has 0 spiro atoms. The molecule has 0 aliphatic carbocycles. The van der Waals surface area contributed by atoms with Crippen LogP contribution in [0.5, 0.6) is 5.75 Å². The highest BCUT2D eigenvalue weighted by atomic mass is 35.5. The van der Waals surface area contributed by atoms with Crippen LogP contribution < -0.4 is 0 Å². The van der Waals surface area contributed by atoms with E-state index in [-0.39, 0.29) is 29.0 Å². The van der Waals surface area contributed by atoms with E-state index in [4.69, 9.17) is 16.0 Å². The van der Waals surface area contributed by atoms with E-state index in [2.05, 4.69) is 15.0 Å². The summed E-state index contributed by atoms with van der Waals surface area (Å²) in [5, 5.41) is 10.4. The SMILES string of the molecule is O=C(c1ncc(-c2ccncn2)o1)c1c(C(F)(F)F)n(Cc2ccc(Cl)cc2)c2ccc(O)cc12. The fourth-order valence-corrected chi connectivity index (χ4v) is 3.97. The summed E-state index contributed by atoms with van der Waals surface area (Å²) >= 11 is 5.91. The second-order valence-electron chi connectivity index (χ2n) is 7.59. The molecular weight excluding hydrogens is 485 g/mol. The first kappa shape index (κ1) is 22.6. The number of nitrogens with zero attached hydrogens (tertiary/aromatic N) is 4. The Morgan fingerprint density at radius 1 is 1.09 bits per heavy atom. The Kier molecular flexibility index (Phi) is 5.52. The van der Waals surface area contributed by atoms with Crippen LogP contribution >= 0.6 is 11.6 Å². The van der Waals surface area contributed by atoms with Crippen molar-refractivity contribution in [1.29, 1.82) is 0 Å². The van der Waals surface area contributed by atoms with Gasteiger partial charge >= 0.3 is 6.18 Å². The number of halogens is 4. The van der Waals surface area contributed by atoms with Crippen LogP contribution in [-0.4, -0.2) is 30.4 Å². The summed E-state index contributed by atoms with van der Waals surface area (Å²) < 4.78 is 49.8. The average molecular weight is 499 g/mol. The van der Waals surface area contributed by atoms with Crippen molar-refractivity contribution in [1.82, 2.24) is 19.5 Å². The van der Waals surface area contributed by atoms with E-state index >= 15 is 0 Å². The van der Waals surface area contributed by atoms with Crippen LogP contribution in [0.3, 0.4) is 0 Å². The van der Waals surface area contributed by atoms with Gasteiger partial charge in [0.2, 0.25) is 0 Å². The Morgan fingerprint density at radius 3 is 2.54 bits per heavy atom. The zero-order valence-corrected chi connectivity index (χ0v) is 18.4. The van der Waals surface area contributed by atoms with Crippen LogP contribution in [-0.2, 0) is 12.7 Å². The second-order valence-corrected chi connectivity index (χ2v) is 8.03. The maximum atomic E-state index is 14.4. The third-order valence-electron chi connectivity index (χ3n) is 5.33. The molecule has 0 amide bonds. The van der Waals surface area contributed by atoms with Gasteiger partial charge in [-0.3, -0.25) is 4.79 Å². The molecule has 5 aromatic rings. The third-order valence-corrected chi connectivity index (χ3v) is 5.58. The Morgan fingerprint density at radius 2 is 1.86 bits per heavy atom. The molecule has 0 unspecified atom stereocenters. The number of fused-ring (bicyclic) bond motifs is 1. The number of rotatable bonds is 5. The number of oxazole rings is 1. The van der Waals surface area contributed by atoms with Gasteiger partial charge in [0.1, 0.15) is 23.5 Å². The highest BCUT2D eigenvalue weighted by Crippen LogP contribution is 2.41. The predicted octanol–water partition coefficient (Wildman–Crippen LogP) is 5.74. The van der Waals surface area contributed by atoms with Crippen LogP contribution in [0, 0.1) is 0 Å². The Bertz CT molecular complexity index is 1540. The number of aromatic nitrogens is 4. The molecule has 0 radical (unpaired) electrons. The van der Waals surface area contributed by atoms with Crippen molar-refractivity contribution in [3.63, 3.8) is 0 Å². The molecule has 176 valence electrons. The fourth-order valence-electron chi connectivity index (χ4n) is 3.84. The summed E-state index contributed by atoms with van der Waals surface area (Å²) in [6.45, 7) is -0.196. The molecule has 0 saturated heterocycles. The standard InChI is InChI=1S/C24H14ClF3N4O3/c25-14-3-1-13(2-4-14)11-32-18-6-5-15(33)9-16(18)20(22(32)24(26,27)28)21(34)23-30-10-19(35-23)17-7-8-29-12-31-17/h1-10,12,33H,11H2. The van der Waals surface area contributed by atoms with E-state index in [1.54, 1.807) is 24.3 Å². The highest BCUT2D eigenvalue weighted by Gasteiger charge is 2.42. The zero-order valence-electron chi connectivity index (χ0n) is 17.6. The molecule has 2 aromatic carbocycles. The Balaban J connectivity index is 1.70. The molecule has 0 saturated carbocycles. The Hall–Kier alpha value is -4.18. The summed E-state index contributed by atoms with van der Waals surface area (Å²) in [5.41, 5.74) is -0.902. The number of phenolic OH excluding ortho intramolecular Hbond substituents is 1. The van der Waals surface area contributed by atoms with Gasteiger partial charge in [-0.1, -0.05) is 23.7 Å². The molecule has 0 fully saturated rings. The van der Waals surface area contributed by atoms with Crippen molar-refractivity contribution in [3.05, 3.63) is 95.0 Å². The third kappa shape index (κ3) is 4.24. The summed E-state index contributed by atoms with van der Waals surface area (Å²) in [6, 6.07) is 11.5. The van der Waals surface area contributed by atoms with Gasteiger partial charge in [0, 0.05) is 28.7 Å². The minimum absolute atomic E-state index is 0.0851. The van der Waals surface area contributed by atoms with Gasteiger partial charge in [-0.25, -0.2) is 15.0 Å². The molecule has 11 heteroatoms. The fraction of sp³-hybridized carbons (Fsp3) is 0.0833. The van der Waals surface area contributed by atoms with Crippen molar-refractivity contribution in [3.8, 4) is 17.2 Å². The van der Waals surface area contributed by atoms with E-state index in [1.807, 2.05) is 0 Å². The largest absolute Gasteiger partial charge is 0.508 e. The monoisotopic (exact) mass is 498 g/mol. The highest BCUT2D eigenvalue weighted by molar-refractivity contribution is 6.30. The van der Waals surface area contributed by atoms with Gasteiger partial charge in [-0.05, 0) is 42.0 Å². The molecular formula is C24H14ClF3N4O3. The van der Waals surface area contributed by atoms with Crippen molar-refractivity contribution in [2.75, 3.05) is 0 Å². The lowest BCUT2D eigenvalue weighted by molar-refractivity contribution is -0.143. The predicted molar refractivity (Wildman–Crippen MR) is 120 cm³/mol. The number of carbonyl (C=O) groups is 1. The van der Waals surface area contributed by atoms with Crippen LogP contribution in [0.4, 0.5) is 13.2 Å². The molecule has 7 nitrogen and oxygen atoms in total. The lowest BCUT2D eigenvalue weighted by Crippen LogP contribution is -2.18. The number of benzene rings is 2. The number of phenols is 1. The first-order valence-electron chi connectivity index (χ1n) is 10.2. The quantitative estimate of drug-likeness (QED) is 0.310. The van der Waals surface area contributed by atoms with Crippen molar-refractivity contribution in [2.45, 2.75) is 12.7 Å². The summed E-state index contributed by atoms with van der Waals surface area (Å²) in [5.74, 6) is -1.82. The second kappa shape index (κ2) is 8.55. The maximum absolute atomic E-state index is 14.4. The van der Waals surface area contributed by atoms with E-state index < -0.39 is 29.1 Å². The molecule has 5 rings (SSSR count). The summed E-state index contributed by atoms with van der Waals surface area (Å²) in [6.07, 6.45) is -1.00. The first-order chi connectivity index (χ1) is 16.7. The van der Waals surface area contributed by atoms with Gasteiger partial charge in [0.05, 0.1) is 11.8 Å². The smallest absolute Gasteiger partial charge is 0.432 e. The first-order valence-corrected chi connectivity index (χ1v) is 10.5. The normalized spacial score (nSPS) is 11.8.